The zero-order valence-corrected chi connectivity index (χ0v) is 11.6. The van der Waals surface area contributed by atoms with Crippen LogP contribution in [0, 0.1) is 5.41 Å². The average Bonchev–Trinajstić information content (AvgIpc) is 2.55. The molecule has 0 heterocycles. The minimum Gasteiger partial charge on any atom is -0.384 e. The monoisotopic (exact) mass is 297 g/mol. The Morgan fingerprint density at radius 1 is 1.18 bits per heavy atom. The van der Waals surface area contributed by atoms with Gasteiger partial charge < -0.3 is 5.73 Å². The molecule has 0 aliphatic carbocycles. The Morgan fingerprint density at radius 3 is 2.41 bits per heavy atom. The topological polar surface area (TPSA) is 116 Å². The molecule has 1 amide bonds. The number of benzene rings is 2. The minimum atomic E-state index is -0.772. The lowest BCUT2D eigenvalue weighted by molar-refractivity contribution is -0.129. The van der Waals surface area contributed by atoms with Gasteiger partial charge in [0, 0.05) is 11.1 Å². The molecule has 112 valence electrons. The third-order valence-electron chi connectivity index (χ3n) is 3.31. The lowest BCUT2D eigenvalue weighted by atomic mass is 9.89. The van der Waals surface area contributed by atoms with Gasteiger partial charge in [-0.3, -0.25) is 20.2 Å². The predicted molar refractivity (Wildman–Crippen MR) is 81.1 cm³/mol. The van der Waals surface area contributed by atoms with Gasteiger partial charge in [0.2, 0.25) is 0 Å². The van der Waals surface area contributed by atoms with Crippen LogP contribution in [0.2, 0.25) is 0 Å². The van der Waals surface area contributed by atoms with E-state index in [1.165, 1.54) is 0 Å². The van der Waals surface area contributed by atoms with Gasteiger partial charge in [-0.15, -0.1) is 0 Å². The zero-order chi connectivity index (χ0) is 16.1. The van der Waals surface area contributed by atoms with E-state index in [9.17, 15) is 9.59 Å². The Labute approximate surface area is 127 Å². The fourth-order valence-electron chi connectivity index (χ4n) is 2.23. The standard InChI is InChI=1S/C16H15N3O3/c17-15(18)12-6-4-11(5-7-12)14(16(21)19-22)13-3-1-2-10(8-13)9-20/h1-9,14,22H,(H3,17,18)(H,19,21). The van der Waals surface area contributed by atoms with E-state index in [0.29, 0.717) is 28.5 Å². The molecule has 0 saturated heterocycles. The second-order valence-corrected chi connectivity index (χ2v) is 4.73. The van der Waals surface area contributed by atoms with Crippen LogP contribution in [0.25, 0.3) is 0 Å². The highest BCUT2D eigenvalue weighted by Gasteiger charge is 2.22. The first-order valence-corrected chi connectivity index (χ1v) is 6.50. The molecule has 1 atom stereocenters. The number of amides is 1. The first kappa shape index (κ1) is 15.4. The van der Waals surface area contributed by atoms with E-state index in [0.717, 1.165) is 0 Å². The second kappa shape index (κ2) is 6.64. The molecule has 0 fully saturated rings. The fraction of sp³-hybridized carbons (Fsp3) is 0.0625. The Bertz CT molecular complexity index is 711. The molecular formula is C16H15N3O3. The summed E-state index contributed by atoms with van der Waals surface area (Å²) in [6.07, 6.45) is 0.691. The van der Waals surface area contributed by atoms with Crippen molar-refractivity contribution in [3.05, 3.63) is 70.8 Å². The summed E-state index contributed by atoms with van der Waals surface area (Å²) in [6, 6.07) is 13.1. The number of carbonyl (C=O) groups excluding carboxylic acids is 2. The van der Waals surface area contributed by atoms with E-state index < -0.39 is 11.8 Å². The first-order chi connectivity index (χ1) is 10.6. The maximum atomic E-state index is 12.0. The van der Waals surface area contributed by atoms with Crippen LogP contribution in [0.1, 0.15) is 33.0 Å². The molecule has 0 spiro atoms. The number of nitrogens with one attached hydrogen (secondary N) is 2. The SMILES string of the molecule is N=C(N)c1ccc(C(C(=O)NO)c2cccc(C=O)c2)cc1. The van der Waals surface area contributed by atoms with E-state index >= 15 is 0 Å². The summed E-state index contributed by atoms with van der Waals surface area (Å²) in [6.45, 7) is 0. The fourth-order valence-corrected chi connectivity index (χ4v) is 2.23. The maximum Gasteiger partial charge on any atom is 0.255 e. The Morgan fingerprint density at radius 2 is 1.86 bits per heavy atom. The lowest BCUT2D eigenvalue weighted by Gasteiger charge is -2.16. The predicted octanol–water partition coefficient (Wildman–Crippen LogP) is 1.42. The van der Waals surface area contributed by atoms with Crippen LogP contribution in [0.3, 0.4) is 0 Å². The van der Waals surface area contributed by atoms with Crippen LogP contribution in [0.5, 0.6) is 0 Å². The highest BCUT2D eigenvalue weighted by Crippen LogP contribution is 2.26. The molecule has 2 rings (SSSR count). The smallest absolute Gasteiger partial charge is 0.255 e. The van der Waals surface area contributed by atoms with Gasteiger partial charge in [-0.1, -0.05) is 42.5 Å². The van der Waals surface area contributed by atoms with Crippen molar-refractivity contribution in [2.45, 2.75) is 5.92 Å². The molecule has 2 aromatic rings. The largest absolute Gasteiger partial charge is 0.384 e. The quantitative estimate of drug-likeness (QED) is 0.219. The highest BCUT2D eigenvalue weighted by atomic mass is 16.5. The number of aldehydes is 1. The van der Waals surface area contributed by atoms with Crippen LogP contribution in [-0.2, 0) is 4.79 Å². The molecule has 0 aliphatic rings. The molecule has 0 radical (unpaired) electrons. The first-order valence-electron chi connectivity index (χ1n) is 6.50. The third kappa shape index (κ3) is 3.18. The van der Waals surface area contributed by atoms with E-state index in [4.69, 9.17) is 16.4 Å². The van der Waals surface area contributed by atoms with Gasteiger partial charge in [0.1, 0.15) is 12.1 Å². The molecule has 0 saturated carbocycles. The minimum absolute atomic E-state index is 0.0716. The third-order valence-corrected chi connectivity index (χ3v) is 3.31. The van der Waals surface area contributed by atoms with Crippen LogP contribution in [0.15, 0.2) is 48.5 Å². The van der Waals surface area contributed by atoms with Gasteiger partial charge in [0.25, 0.3) is 5.91 Å². The Kier molecular flexibility index (Phi) is 4.65. The summed E-state index contributed by atoms with van der Waals surface area (Å²) < 4.78 is 0. The molecule has 2 aromatic carbocycles. The van der Waals surface area contributed by atoms with Crippen LogP contribution >= 0.6 is 0 Å². The van der Waals surface area contributed by atoms with E-state index in [1.807, 2.05) is 0 Å². The van der Waals surface area contributed by atoms with Gasteiger partial charge in [-0.25, -0.2) is 5.48 Å². The van der Waals surface area contributed by atoms with Gasteiger partial charge in [-0.05, 0) is 17.2 Å². The lowest BCUT2D eigenvalue weighted by Crippen LogP contribution is -2.27. The molecule has 0 bridgehead atoms. The maximum absolute atomic E-state index is 12.0. The van der Waals surface area contributed by atoms with Crippen LogP contribution in [0.4, 0.5) is 0 Å². The van der Waals surface area contributed by atoms with Crippen molar-refractivity contribution in [2.24, 2.45) is 5.73 Å². The highest BCUT2D eigenvalue weighted by molar-refractivity contribution is 5.95. The van der Waals surface area contributed by atoms with Crippen molar-refractivity contribution in [2.75, 3.05) is 0 Å². The van der Waals surface area contributed by atoms with Crippen molar-refractivity contribution in [1.29, 1.82) is 5.41 Å². The number of nitrogen functional groups attached to an aromatic ring is 1. The Hall–Kier alpha value is -2.99. The number of nitrogens with two attached hydrogens (primary N) is 1. The summed E-state index contributed by atoms with van der Waals surface area (Å²) in [5.74, 6) is -1.46. The number of hydrogen-bond donors (Lipinski definition) is 4. The summed E-state index contributed by atoms with van der Waals surface area (Å²) in [4.78, 5) is 22.9. The summed E-state index contributed by atoms with van der Waals surface area (Å²) in [5.41, 5.74) is 9.20. The van der Waals surface area contributed by atoms with Crippen LogP contribution in [-0.4, -0.2) is 23.2 Å². The van der Waals surface area contributed by atoms with E-state index in [-0.39, 0.29) is 5.84 Å². The molecule has 0 aliphatic heterocycles. The number of amidine groups is 1. The second-order valence-electron chi connectivity index (χ2n) is 4.73. The number of hydrogen-bond acceptors (Lipinski definition) is 4. The van der Waals surface area contributed by atoms with Crippen molar-refractivity contribution < 1.29 is 14.8 Å². The van der Waals surface area contributed by atoms with E-state index in [1.54, 1.807) is 54.0 Å². The molecule has 22 heavy (non-hydrogen) atoms. The number of carbonyl (C=O) groups is 2. The zero-order valence-electron chi connectivity index (χ0n) is 11.6. The van der Waals surface area contributed by atoms with Gasteiger partial charge >= 0.3 is 0 Å². The van der Waals surface area contributed by atoms with Gasteiger partial charge in [-0.2, -0.15) is 0 Å². The molecule has 0 aromatic heterocycles. The van der Waals surface area contributed by atoms with Gasteiger partial charge in [0.15, 0.2) is 0 Å². The molecular weight excluding hydrogens is 282 g/mol. The normalized spacial score (nSPS) is 11.5. The average molecular weight is 297 g/mol. The Balaban J connectivity index is 2.47. The van der Waals surface area contributed by atoms with Crippen molar-refractivity contribution in [3.8, 4) is 0 Å². The number of hydroxylamine groups is 1. The summed E-state index contributed by atoms with van der Waals surface area (Å²) in [5, 5.41) is 16.3. The molecule has 1 unspecified atom stereocenters. The summed E-state index contributed by atoms with van der Waals surface area (Å²) >= 11 is 0. The number of rotatable bonds is 5. The molecule has 6 nitrogen and oxygen atoms in total. The van der Waals surface area contributed by atoms with Crippen molar-refractivity contribution in [3.63, 3.8) is 0 Å². The van der Waals surface area contributed by atoms with Crippen molar-refractivity contribution in [1.82, 2.24) is 5.48 Å². The van der Waals surface area contributed by atoms with Gasteiger partial charge in [0.05, 0.1) is 5.92 Å². The molecule has 5 N–H and O–H groups in total. The van der Waals surface area contributed by atoms with E-state index in [2.05, 4.69) is 0 Å². The van der Waals surface area contributed by atoms with Crippen LogP contribution < -0.4 is 11.2 Å². The molecule has 6 heteroatoms. The summed E-state index contributed by atoms with van der Waals surface area (Å²) in [7, 11) is 0. The van der Waals surface area contributed by atoms with Crippen molar-refractivity contribution >= 4 is 18.0 Å².